The molecule has 3 rings (SSSR count). The van der Waals surface area contributed by atoms with Crippen LogP contribution in [0.25, 0.3) is 15.4 Å². The van der Waals surface area contributed by atoms with Crippen LogP contribution in [0.15, 0.2) is 42.6 Å². The maximum Gasteiger partial charge on any atom is 0.390 e. The van der Waals surface area contributed by atoms with Crippen molar-refractivity contribution in [2.24, 2.45) is 0 Å². The lowest BCUT2D eigenvalue weighted by Gasteiger charge is -1.94. The lowest BCUT2D eigenvalue weighted by molar-refractivity contribution is -0.520. The molecular formula is C13H11N2OS+. The van der Waals surface area contributed by atoms with Gasteiger partial charge in [0.2, 0.25) is 0 Å². The van der Waals surface area contributed by atoms with Crippen LogP contribution in [0.3, 0.4) is 0 Å². The summed E-state index contributed by atoms with van der Waals surface area (Å²) < 4.78 is 1.71. The second-order valence-electron chi connectivity index (χ2n) is 3.84. The van der Waals surface area contributed by atoms with Gasteiger partial charge >= 0.3 is 10.8 Å². The summed E-state index contributed by atoms with van der Waals surface area (Å²) in [4.78, 5) is 6.06. The number of rotatable bonds is 1. The molecule has 2 heterocycles. The third-order valence-corrected chi connectivity index (χ3v) is 3.70. The lowest BCUT2D eigenvalue weighted by Crippen LogP contribution is -2.19. The summed E-state index contributed by atoms with van der Waals surface area (Å²) in [6.45, 7) is 1.94. The molecule has 0 aliphatic carbocycles. The average molecular weight is 243 g/mol. The predicted molar refractivity (Wildman–Crippen MR) is 67.1 cm³/mol. The van der Waals surface area contributed by atoms with Crippen molar-refractivity contribution in [1.29, 1.82) is 0 Å². The predicted octanol–water partition coefficient (Wildman–Crippen LogP) is 2.56. The van der Waals surface area contributed by atoms with E-state index in [9.17, 15) is 5.11 Å². The fourth-order valence-corrected chi connectivity index (χ4v) is 2.81. The van der Waals surface area contributed by atoms with E-state index in [2.05, 4.69) is 4.98 Å². The van der Waals surface area contributed by atoms with E-state index in [-0.39, 0.29) is 5.88 Å². The molecule has 0 bridgehead atoms. The molecule has 0 saturated heterocycles. The third kappa shape index (κ3) is 1.66. The largest absolute Gasteiger partial charge is 0.476 e. The van der Waals surface area contributed by atoms with E-state index >= 15 is 0 Å². The Hall–Kier alpha value is -1.94. The number of hydrogen-bond acceptors (Lipinski definition) is 3. The second-order valence-corrected chi connectivity index (χ2v) is 4.82. The number of thiazole rings is 1. The maximum absolute atomic E-state index is 10.2. The number of aromatic nitrogens is 2. The summed E-state index contributed by atoms with van der Waals surface area (Å²) in [5, 5.41) is 10.2. The molecule has 17 heavy (non-hydrogen) atoms. The zero-order valence-electron chi connectivity index (χ0n) is 9.29. The molecule has 0 spiro atoms. The van der Waals surface area contributed by atoms with E-state index in [1.807, 2.05) is 49.5 Å². The Labute approximate surface area is 103 Å². The lowest BCUT2D eigenvalue weighted by atomic mass is 10.2. The molecule has 4 heteroatoms. The number of benzene rings is 1. The van der Waals surface area contributed by atoms with E-state index in [0.29, 0.717) is 0 Å². The fraction of sp³-hybridized carbons (Fsp3) is 0.0769. The molecule has 0 amide bonds. The summed E-state index contributed by atoms with van der Waals surface area (Å²) >= 11 is 1.49. The van der Waals surface area contributed by atoms with Crippen molar-refractivity contribution in [1.82, 2.24) is 4.98 Å². The Morgan fingerprint density at radius 2 is 1.94 bits per heavy atom. The van der Waals surface area contributed by atoms with Gasteiger partial charge in [-0.1, -0.05) is 30.3 Å². The number of hydrogen-bond donors (Lipinski definition) is 1. The van der Waals surface area contributed by atoms with Crippen LogP contribution in [0.5, 0.6) is 5.88 Å². The van der Waals surface area contributed by atoms with Crippen LogP contribution in [0.1, 0.15) is 5.69 Å². The molecule has 2 aromatic heterocycles. The van der Waals surface area contributed by atoms with Gasteiger partial charge < -0.3 is 5.11 Å². The molecule has 0 fully saturated rings. The van der Waals surface area contributed by atoms with Crippen molar-refractivity contribution in [2.75, 3.05) is 0 Å². The first kappa shape index (κ1) is 10.2. The van der Waals surface area contributed by atoms with Crippen molar-refractivity contribution in [3.63, 3.8) is 0 Å². The molecule has 0 atom stereocenters. The first-order valence-electron chi connectivity index (χ1n) is 5.32. The van der Waals surface area contributed by atoms with Crippen LogP contribution < -0.4 is 4.40 Å². The van der Waals surface area contributed by atoms with Gasteiger partial charge in [-0.05, 0) is 21.9 Å². The molecule has 0 saturated carbocycles. The van der Waals surface area contributed by atoms with Gasteiger partial charge in [-0.25, -0.2) is 0 Å². The Morgan fingerprint density at radius 3 is 2.71 bits per heavy atom. The highest BCUT2D eigenvalue weighted by molar-refractivity contribution is 7.20. The topological polar surface area (TPSA) is 37.2 Å². The first-order chi connectivity index (χ1) is 8.25. The molecule has 3 aromatic rings. The molecule has 84 valence electrons. The van der Waals surface area contributed by atoms with E-state index in [1.165, 1.54) is 11.3 Å². The summed E-state index contributed by atoms with van der Waals surface area (Å²) in [5.41, 5.74) is 1.96. The zero-order chi connectivity index (χ0) is 11.8. The van der Waals surface area contributed by atoms with E-state index in [1.54, 1.807) is 4.40 Å². The van der Waals surface area contributed by atoms with Gasteiger partial charge in [0, 0.05) is 13.0 Å². The Bertz CT molecular complexity index is 676. The van der Waals surface area contributed by atoms with Crippen LogP contribution in [0, 0.1) is 6.92 Å². The van der Waals surface area contributed by atoms with Gasteiger partial charge in [-0.2, -0.15) is 4.40 Å². The van der Waals surface area contributed by atoms with Crippen molar-refractivity contribution in [3.05, 3.63) is 48.3 Å². The number of nitrogens with zero attached hydrogens (tertiary/aromatic N) is 2. The third-order valence-electron chi connectivity index (χ3n) is 2.60. The average Bonchev–Trinajstić information content (AvgIpc) is 2.67. The molecule has 3 nitrogen and oxygen atoms in total. The summed E-state index contributed by atoms with van der Waals surface area (Å²) in [6, 6.07) is 11.7. The standard InChI is InChI=1S/C13H10N2OS/c1-9-7-8-15-12(16)11(17-13(15)14-9)10-5-3-2-4-6-10/h2-8H,1H3/p+1. The Balaban J connectivity index is 2.28. The minimum Gasteiger partial charge on any atom is -0.476 e. The number of aryl methyl sites for hydroxylation is 1. The van der Waals surface area contributed by atoms with Crippen molar-refractivity contribution < 1.29 is 9.51 Å². The van der Waals surface area contributed by atoms with Gasteiger partial charge in [0.25, 0.3) is 0 Å². The normalized spacial score (nSPS) is 10.9. The van der Waals surface area contributed by atoms with Crippen molar-refractivity contribution in [3.8, 4) is 16.3 Å². The molecular weight excluding hydrogens is 232 g/mol. The van der Waals surface area contributed by atoms with Crippen LogP contribution in [0.2, 0.25) is 0 Å². The number of fused-ring (bicyclic) bond motifs is 1. The van der Waals surface area contributed by atoms with Crippen LogP contribution in [-0.2, 0) is 0 Å². The summed E-state index contributed by atoms with van der Waals surface area (Å²) in [5.74, 6) is 0.253. The Kier molecular flexibility index (Phi) is 2.30. The second kappa shape index (κ2) is 3.82. The first-order valence-corrected chi connectivity index (χ1v) is 6.13. The maximum atomic E-state index is 10.2. The van der Waals surface area contributed by atoms with Gasteiger partial charge in [0.1, 0.15) is 11.1 Å². The molecule has 1 aromatic carbocycles. The number of aromatic hydroxyl groups is 1. The summed E-state index contributed by atoms with van der Waals surface area (Å²) in [6.07, 6.45) is 1.84. The van der Waals surface area contributed by atoms with Gasteiger partial charge in [0.05, 0.1) is 0 Å². The van der Waals surface area contributed by atoms with Crippen LogP contribution in [-0.4, -0.2) is 10.1 Å². The molecule has 0 aliphatic rings. The molecule has 1 N–H and O–H groups in total. The van der Waals surface area contributed by atoms with Crippen LogP contribution in [0.4, 0.5) is 0 Å². The van der Waals surface area contributed by atoms with Gasteiger partial charge in [-0.3, -0.25) is 0 Å². The highest BCUT2D eigenvalue weighted by Gasteiger charge is 2.20. The summed E-state index contributed by atoms with van der Waals surface area (Å²) in [7, 11) is 0. The monoisotopic (exact) mass is 243 g/mol. The highest BCUT2D eigenvalue weighted by Crippen LogP contribution is 2.32. The highest BCUT2D eigenvalue weighted by atomic mass is 32.1. The Morgan fingerprint density at radius 1 is 1.18 bits per heavy atom. The molecule has 0 radical (unpaired) electrons. The van der Waals surface area contributed by atoms with Crippen molar-refractivity contribution >= 4 is 16.3 Å². The SMILES string of the molecule is Cc1cc[n+]2c(O)c(-c3ccccc3)sc2n1. The molecule has 0 unspecified atom stereocenters. The van der Waals surface area contributed by atoms with Gasteiger partial charge in [-0.15, -0.1) is 0 Å². The van der Waals surface area contributed by atoms with E-state index < -0.39 is 0 Å². The molecule has 0 aliphatic heterocycles. The fourth-order valence-electron chi connectivity index (χ4n) is 1.75. The van der Waals surface area contributed by atoms with E-state index in [0.717, 1.165) is 21.1 Å². The quantitative estimate of drug-likeness (QED) is 0.667. The van der Waals surface area contributed by atoms with E-state index in [4.69, 9.17) is 0 Å². The van der Waals surface area contributed by atoms with Crippen LogP contribution >= 0.6 is 11.3 Å². The minimum absolute atomic E-state index is 0.253. The van der Waals surface area contributed by atoms with Crippen molar-refractivity contribution in [2.45, 2.75) is 6.92 Å². The minimum atomic E-state index is 0.253. The smallest absolute Gasteiger partial charge is 0.390 e. The van der Waals surface area contributed by atoms with Gasteiger partial charge in [0.15, 0.2) is 5.69 Å². The zero-order valence-corrected chi connectivity index (χ0v) is 10.1.